The minimum Gasteiger partial charge on any atom is -0.454 e. The van der Waals surface area contributed by atoms with Crippen LogP contribution in [0.15, 0.2) is 85.1 Å². The van der Waals surface area contributed by atoms with Gasteiger partial charge in [0.15, 0.2) is 12.4 Å². The van der Waals surface area contributed by atoms with E-state index in [9.17, 15) is 35.1 Å². The first-order valence-electron chi connectivity index (χ1n) is 31.4. The zero-order valence-corrected chi connectivity index (χ0v) is 49.1. The Hall–Kier alpha value is -3.16. The second-order valence-corrected chi connectivity index (χ2v) is 21.5. The van der Waals surface area contributed by atoms with Gasteiger partial charge < -0.3 is 45.1 Å². The number of carbonyl (C=O) groups excluding carboxylic acids is 2. The van der Waals surface area contributed by atoms with Crippen LogP contribution in [0, 0.1) is 0 Å². The summed E-state index contributed by atoms with van der Waals surface area (Å²) in [7, 11) is 0. The zero-order valence-electron chi connectivity index (χ0n) is 49.1. The average Bonchev–Trinajstić information content (AvgIpc) is 3.43. The minimum absolute atomic E-state index is 0.113. The van der Waals surface area contributed by atoms with Crippen molar-refractivity contribution in [2.45, 2.75) is 307 Å². The Bertz CT molecular complexity index is 1570. The molecule has 11 nitrogen and oxygen atoms in total. The number of aliphatic hydroxyl groups is 5. The Kier molecular flexibility index (Phi) is 49.9. The van der Waals surface area contributed by atoms with Crippen LogP contribution in [0.4, 0.5) is 0 Å². The number of hydrogen-bond acceptors (Lipinski definition) is 10. The third-order valence-electron chi connectivity index (χ3n) is 14.3. The molecular weight excluding hydrogens is 967 g/mol. The maximum Gasteiger partial charge on any atom is 0.306 e. The molecule has 8 unspecified atom stereocenters. The van der Waals surface area contributed by atoms with E-state index in [0.29, 0.717) is 12.8 Å². The van der Waals surface area contributed by atoms with Gasteiger partial charge in [-0.15, -0.1) is 0 Å². The Morgan fingerprint density at radius 1 is 0.532 bits per heavy atom. The van der Waals surface area contributed by atoms with Crippen LogP contribution in [0.1, 0.15) is 258 Å². The lowest BCUT2D eigenvalue weighted by molar-refractivity contribution is -0.305. The van der Waals surface area contributed by atoms with Gasteiger partial charge in [0.2, 0.25) is 5.91 Å². The van der Waals surface area contributed by atoms with Crippen molar-refractivity contribution in [1.29, 1.82) is 0 Å². The van der Waals surface area contributed by atoms with Crippen LogP contribution in [0.5, 0.6) is 0 Å². The number of ether oxygens (including phenoxy) is 3. The van der Waals surface area contributed by atoms with E-state index in [0.717, 1.165) is 96.3 Å². The van der Waals surface area contributed by atoms with E-state index in [-0.39, 0.29) is 19.4 Å². The molecule has 1 heterocycles. The average molecular weight is 1080 g/mol. The van der Waals surface area contributed by atoms with E-state index < -0.39 is 67.4 Å². The fourth-order valence-electron chi connectivity index (χ4n) is 9.36. The number of amides is 1. The molecule has 0 aliphatic carbocycles. The molecule has 1 saturated heterocycles. The van der Waals surface area contributed by atoms with Crippen LogP contribution in [-0.4, -0.2) is 99.6 Å². The predicted molar refractivity (Wildman–Crippen MR) is 319 cm³/mol. The largest absolute Gasteiger partial charge is 0.454 e. The fraction of sp³-hybridized carbons (Fsp3) is 0.758. The summed E-state index contributed by atoms with van der Waals surface area (Å²) >= 11 is 0. The highest BCUT2D eigenvalue weighted by molar-refractivity contribution is 5.80. The van der Waals surface area contributed by atoms with Gasteiger partial charge in [-0.3, -0.25) is 9.59 Å². The van der Waals surface area contributed by atoms with Gasteiger partial charge in [-0.1, -0.05) is 254 Å². The highest BCUT2D eigenvalue weighted by Gasteiger charge is 2.47. The van der Waals surface area contributed by atoms with Crippen LogP contribution >= 0.6 is 0 Å². The fourth-order valence-corrected chi connectivity index (χ4v) is 9.36. The smallest absolute Gasteiger partial charge is 0.306 e. The first-order valence-corrected chi connectivity index (χ1v) is 31.4. The predicted octanol–water partition coefficient (Wildman–Crippen LogP) is 14.9. The molecule has 0 radical (unpaired) electrons. The molecule has 77 heavy (non-hydrogen) atoms. The SMILES string of the molecule is CC/C=C/C=C/C=C\CCCCCCC(O)C(=O)NC(COC1OC(CO)C(O)C(O)C1OC(=O)CCCCCCCCCCCC/C=C\C/C=C\C/C=C\CCCCC)C(O)/C=C/CCCCCCCCCCCCC. The van der Waals surface area contributed by atoms with Crippen molar-refractivity contribution in [2.75, 3.05) is 13.2 Å². The lowest BCUT2D eigenvalue weighted by atomic mass is 9.99. The van der Waals surface area contributed by atoms with Gasteiger partial charge in [0.25, 0.3) is 0 Å². The van der Waals surface area contributed by atoms with Crippen molar-refractivity contribution in [3.63, 3.8) is 0 Å². The monoisotopic (exact) mass is 1080 g/mol. The van der Waals surface area contributed by atoms with Gasteiger partial charge in [0, 0.05) is 6.42 Å². The van der Waals surface area contributed by atoms with Crippen LogP contribution in [0.3, 0.4) is 0 Å². The molecule has 8 atom stereocenters. The summed E-state index contributed by atoms with van der Waals surface area (Å²) in [6.07, 6.45) is 59.1. The molecule has 444 valence electrons. The Balaban J connectivity index is 2.64. The molecule has 1 amide bonds. The van der Waals surface area contributed by atoms with Gasteiger partial charge in [-0.2, -0.15) is 0 Å². The quantitative estimate of drug-likeness (QED) is 0.0149. The molecule has 0 bridgehead atoms. The highest BCUT2D eigenvalue weighted by atomic mass is 16.7. The van der Waals surface area contributed by atoms with Gasteiger partial charge in [-0.05, 0) is 83.5 Å². The van der Waals surface area contributed by atoms with Crippen molar-refractivity contribution >= 4 is 11.9 Å². The van der Waals surface area contributed by atoms with Crippen molar-refractivity contribution in [1.82, 2.24) is 5.32 Å². The van der Waals surface area contributed by atoms with Crippen molar-refractivity contribution in [3.8, 4) is 0 Å². The summed E-state index contributed by atoms with van der Waals surface area (Å²) < 4.78 is 17.6. The summed E-state index contributed by atoms with van der Waals surface area (Å²) in [4.78, 5) is 26.5. The second kappa shape index (κ2) is 53.5. The van der Waals surface area contributed by atoms with Crippen LogP contribution in [-0.2, 0) is 23.8 Å². The van der Waals surface area contributed by atoms with Crippen molar-refractivity contribution in [3.05, 3.63) is 85.1 Å². The number of aliphatic hydroxyl groups excluding tert-OH is 5. The van der Waals surface area contributed by atoms with E-state index in [2.05, 4.69) is 74.7 Å². The van der Waals surface area contributed by atoms with E-state index in [1.165, 1.54) is 116 Å². The first-order chi connectivity index (χ1) is 37.7. The van der Waals surface area contributed by atoms with Crippen LogP contribution in [0.25, 0.3) is 0 Å². The lowest BCUT2D eigenvalue weighted by Crippen LogP contribution is -2.61. The van der Waals surface area contributed by atoms with Crippen molar-refractivity contribution < 1.29 is 49.3 Å². The summed E-state index contributed by atoms with van der Waals surface area (Å²) in [5, 5.41) is 56.9. The van der Waals surface area contributed by atoms with E-state index >= 15 is 0 Å². The van der Waals surface area contributed by atoms with E-state index in [1.807, 2.05) is 30.4 Å². The first kappa shape index (κ1) is 71.9. The molecule has 0 aromatic heterocycles. The molecule has 0 aromatic carbocycles. The van der Waals surface area contributed by atoms with E-state index in [4.69, 9.17) is 14.2 Å². The molecule has 0 spiro atoms. The van der Waals surface area contributed by atoms with Gasteiger partial charge in [-0.25, -0.2) is 0 Å². The molecule has 11 heteroatoms. The standard InChI is InChI=1S/C66H115NO10/c1-4-7-10-13-16-19-22-25-26-27-28-29-30-31-32-33-34-36-39-42-45-48-51-54-61(71)77-64-63(73)62(72)60(55-68)76-66(64)75-56-57(58(69)52-49-46-43-40-38-35-23-20-17-14-11-8-5-2)67-65(74)59(70)53-50-47-44-41-37-24-21-18-15-12-9-6-3/h9,12,15-16,18-19,21,24-26,28-29,49,52,57-60,62-64,66,68-70,72-73H,4-8,10-11,13-14,17,20,22-23,27,30-48,50-51,53-56H2,1-3H3,(H,67,74)/b12-9+,18-15+,19-16-,24-21-,26-25-,29-28-,52-49+. The molecule has 1 aliphatic rings. The molecule has 6 N–H and O–H groups in total. The number of nitrogens with one attached hydrogen (secondary N) is 1. The van der Waals surface area contributed by atoms with Gasteiger partial charge >= 0.3 is 5.97 Å². The summed E-state index contributed by atoms with van der Waals surface area (Å²) in [5.41, 5.74) is 0. The Morgan fingerprint density at radius 2 is 0.987 bits per heavy atom. The number of rotatable bonds is 52. The lowest BCUT2D eigenvalue weighted by Gasteiger charge is -2.41. The highest BCUT2D eigenvalue weighted by Crippen LogP contribution is 2.26. The van der Waals surface area contributed by atoms with Crippen LogP contribution in [0.2, 0.25) is 0 Å². The maximum atomic E-state index is 13.4. The Labute approximate surface area is 470 Å². The number of unbranched alkanes of at least 4 members (excludes halogenated alkanes) is 28. The van der Waals surface area contributed by atoms with Crippen LogP contribution < -0.4 is 5.32 Å². The summed E-state index contributed by atoms with van der Waals surface area (Å²) in [6.45, 7) is 5.61. The third-order valence-corrected chi connectivity index (χ3v) is 14.3. The van der Waals surface area contributed by atoms with Gasteiger partial charge in [0.05, 0.1) is 25.4 Å². The summed E-state index contributed by atoms with van der Waals surface area (Å²) in [5.74, 6) is -1.22. The summed E-state index contributed by atoms with van der Waals surface area (Å²) in [6, 6.07) is -1.04. The molecule has 1 rings (SSSR count). The maximum absolute atomic E-state index is 13.4. The second-order valence-electron chi connectivity index (χ2n) is 21.5. The number of carbonyl (C=O) groups is 2. The molecule has 0 aromatic rings. The molecule has 1 aliphatic heterocycles. The molecule has 0 saturated carbocycles. The number of allylic oxidation sites excluding steroid dienone is 13. The van der Waals surface area contributed by atoms with E-state index in [1.54, 1.807) is 6.08 Å². The Morgan fingerprint density at radius 3 is 1.53 bits per heavy atom. The van der Waals surface area contributed by atoms with Gasteiger partial charge in [0.1, 0.15) is 24.4 Å². The topological polar surface area (TPSA) is 175 Å². The normalized spacial score (nSPS) is 19.6. The molecule has 1 fully saturated rings. The zero-order chi connectivity index (χ0) is 56.1. The third kappa shape index (κ3) is 41.5. The number of esters is 1. The minimum atomic E-state index is -1.62. The number of hydrogen-bond donors (Lipinski definition) is 6. The van der Waals surface area contributed by atoms with Crippen molar-refractivity contribution in [2.24, 2.45) is 0 Å². The molecular formula is C66H115NO10.